The summed E-state index contributed by atoms with van der Waals surface area (Å²) in [6, 6.07) is 4.77. The van der Waals surface area contributed by atoms with Crippen LogP contribution in [0.4, 0.5) is 5.82 Å². The van der Waals surface area contributed by atoms with Gasteiger partial charge < -0.3 is 9.64 Å². The van der Waals surface area contributed by atoms with E-state index in [4.69, 9.17) is 4.74 Å². The molecule has 0 radical (unpaired) electrons. The summed E-state index contributed by atoms with van der Waals surface area (Å²) in [5.41, 5.74) is 1.27. The van der Waals surface area contributed by atoms with Crippen LogP contribution in [-0.4, -0.2) is 30.3 Å². The minimum Gasteiger partial charge on any atom is -0.372 e. The van der Waals surface area contributed by atoms with E-state index in [2.05, 4.69) is 22.9 Å². The highest BCUT2D eigenvalue weighted by Crippen LogP contribution is 2.33. The molecule has 2 aliphatic heterocycles. The lowest BCUT2D eigenvalue weighted by atomic mass is 9.95. The fraction of sp³-hybridized carbons (Fsp3) is 0.500. The lowest BCUT2D eigenvalue weighted by Crippen LogP contribution is -2.71. The van der Waals surface area contributed by atoms with Crippen LogP contribution in [0.25, 0.3) is 0 Å². The zero-order chi connectivity index (χ0) is 8.84. The van der Waals surface area contributed by atoms with Gasteiger partial charge in [-0.1, -0.05) is 0 Å². The summed E-state index contributed by atoms with van der Waals surface area (Å²) in [5.74, 6) is 1.10. The minimum atomic E-state index is 0.488. The number of anilines is 1. The number of aromatic nitrogens is 1. The van der Waals surface area contributed by atoms with Crippen LogP contribution in [0.2, 0.25) is 0 Å². The Kier molecular flexibility index (Phi) is 1.38. The number of ether oxygens (including phenoxy) is 1. The van der Waals surface area contributed by atoms with E-state index < -0.39 is 0 Å². The van der Waals surface area contributed by atoms with Crippen LogP contribution in [0.5, 0.6) is 0 Å². The lowest BCUT2D eigenvalue weighted by Gasteiger charge is -2.55. The van der Waals surface area contributed by atoms with E-state index in [0.717, 1.165) is 19.0 Å². The number of rotatable bonds is 1. The van der Waals surface area contributed by atoms with E-state index in [1.165, 1.54) is 5.56 Å². The van der Waals surface area contributed by atoms with Gasteiger partial charge in [-0.15, -0.1) is 0 Å². The Morgan fingerprint density at radius 2 is 2.54 bits per heavy atom. The van der Waals surface area contributed by atoms with Crippen molar-refractivity contribution in [2.24, 2.45) is 0 Å². The highest BCUT2D eigenvalue weighted by atomic mass is 16.5. The third-order valence-electron chi connectivity index (χ3n) is 2.88. The molecule has 0 N–H and O–H groups in total. The predicted octanol–water partition coefficient (Wildman–Crippen LogP) is 0.977. The standard InChI is InChI=1S/C10H12N2O/c1-7-2-3-11-10(4-7)12-5-9-8(12)6-13-9/h2-4,8-9H,5-6H2,1H3. The molecule has 68 valence electrons. The second kappa shape index (κ2) is 2.45. The van der Waals surface area contributed by atoms with Gasteiger partial charge in [0, 0.05) is 12.7 Å². The first-order valence-corrected chi connectivity index (χ1v) is 4.65. The molecule has 3 heteroatoms. The van der Waals surface area contributed by atoms with E-state index in [-0.39, 0.29) is 0 Å². The average molecular weight is 176 g/mol. The monoisotopic (exact) mass is 176 g/mol. The molecule has 2 unspecified atom stereocenters. The smallest absolute Gasteiger partial charge is 0.129 e. The van der Waals surface area contributed by atoms with Crippen LogP contribution in [0, 0.1) is 6.92 Å². The van der Waals surface area contributed by atoms with Gasteiger partial charge in [0.05, 0.1) is 18.8 Å². The van der Waals surface area contributed by atoms with E-state index >= 15 is 0 Å². The second-order valence-electron chi connectivity index (χ2n) is 3.78. The van der Waals surface area contributed by atoms with Crippen molar-refractivity contribution >= 4 is 5.82 Å². The van der Waals surface area contributed by atoms with Crippen molar-refractivity contribution in [1.29, 1.82) is 0 Å². The lowest BCUT2D eigenvalue weighted by molar-refractivity contribution is -0.113. The molecule has 1 aromatic heterocycles. The van der Waals surface area contributed by atoms with Crippen LogP contribution in [0.1, 0.15) is 5.56 Å². The molecular formula is C10H12N2O. The van der Waals surface area contributed by atoms with Crippen LogP contribution >= 0.6 is 0 Å². The largest absolute Gasteiger partial charge is 0.372 e. The summed E-state index contributed by atoms with van der Waals surface area (Å²) in [6.07, 6.45) is 2.36. The summed E-state index contributed by atoms with van der Waals surface area (Å²) in [4.78, 5) is 6.67. The van der Waals surface area contributed by atoms with Crippen LogP contribution in [0.3, 0.4) is 0 Å². The van der Waals surface area contributed by atoms with Crippen molar-refractivity contribution in [1.82, 2.24) is 4.98 Å². The molecule has 0 bridgehead atoms. The molecule has 1 aromatic rings. The zero-order valence-corrected chi connectivity index (χ0v) is 7.60. The molecule has 0 saturated carbocycles. The average Bonchev–Trinajstić information content (AvgIpc) is 2.10. The molecule has 0 aliphatic carbocycles. The summed E-state index contributed by atoms with van der Waals surface area (Å²) < 4.78 is 5.34. The highest BCUT2D eigenvalue weighted by molar-refractivity contribution is 5.47. The number of pyridine rings is 1. The first kappa shape index (κ1) is 7.33. The molecule has 13 heavy (non-hydrogen) atoms. The van der Waals surface area contributed by atoms with E-state index in [9.17, 15) is 0 Å². The van der Waals surface area contributed by atoms with Crippen LogP contribution in [0.15, 0.2) is 18.3 Å². The molecule has 3 nitrogen and oxygen atoms in total. The van der Waals surface area contributed by atoms with E-state index in [1.54, 1.807) is 0 Å². The Morgan fingerprint density at radius 1 is 1.62 bits per heavy atom. The first-order valence-electron chi connectivity index (χ1n) is 4.65. The quantitative estimate of drug-likeness (QED) is 0.637. The van der Waals surface area contributed by atoms with Crippen molar-refractivity contribution < 1.29 is 4.74 Å². The van der Waals surface area contributed by atoms with Crippen molar-refractivity contribution in [2.45, 2.75) is 19.1 Å². The second-order valence-corrected chi connectivity index (χ2v) is 3.78. The van der Waals surface area contributed by atoms with Crippen molar-refractivity contribution in [2.75, 3.05) is 18.1 Å². The molecule has 2 saturated heterocycles. The summed E-state index contributed by atoms with van der Waals surface area (Å²) in [6.45, 7) is 3.99. The maximum absolute atomic E-state index is 5.34. The summed E-state index contributed by atoms with van der Waals surface area (Å²) >= 11 is 0. The molecule has 0 amide bonds. The van der Waals surface area contributed by atoms with Gasteiger partial charge in [0.15, 0.2) is 0 Å². The third kappa shape index (κ3) is 0.968. The van der Waals surface area contributed by atoms with Gasteiger partial charge in [0.1, 0.15) is 5.82 Å². The van der Waals surface area contributed by atoms with Gasteiger partial charge in [-0.2, -0.15) is 0 Å². The van der Waals surface area contributed by atoms with Crippen molar-refractivity contribution in [3.8, 4) is 0 Å². The number of aryl methyl sites for hydroxylation is 1. The fourth-order valence-corrected chi connectivity index (χ4v) is 1.92. The maximum atomic E-state index is 5.34. The molecule has 2 atom stereocenters. The SMILES string of the molecule is Cc1ccnc(N2CC3OCC32)c1. The topological polar surface area (TPSA) is 25.4 Å². The third-order valence-corrected chi connectivity index (χ3v) is 2.88. The van der Waals surface area contributed by atoms with Gasteiger partial charge in [0.25, 0.3) is 0 Å². The molecule has 3 rings (SSSR count). The van der Waals surface area contributed by atoms with Gasteiger partial charge in [-0.05, 0) is 24.6 Å². The Bertz CT molecular complexity index is 339. The van der Waals surface area contributed by atoms with E-state index in [0.29, 0.717) is 12.1 Å². The fourth-order valence-electron chi connectivity index (χ4n) is 1.92. The molecule has 2 aliphatic rings. The van der Waals surface area contributed by atoms with Crippen LogP contribution in [-0.2, 0) is 4.74 Å². The maximum Gasteiger partial charge on any atom is 0.129 e. The molecule has 0 spiro atoms. The van der Waals surface area contributed by atoms with Crippen LogP contribution < -0.4 is 4.90 Å². The molecule has 3 heterocycles. The van der Waals surface area contributed by atoms with Gasteiger partial charge in [-0.3, -0.25) is 0 Å². The normalized spacial score (nSPS) is 30.4. The Balaban J connectivity index is 1.85. The number of hydrogen-bond donors (Lipinski definition) is 0. The van der Waals surface area contributed by atoms with Crippen molar-refractivity contribution in [3.63, 3.8) is 0 Å². The number of nitrogens with zero attached hydrogens (tertiary/aromatic N) is 2. The molecular weight excluding hydrogens is 164 g/mol. The first-order chi connectivity index (χ1) is 6.34. The summed E-state index contributed by atoms with van der Waals surface area (Å²) in [7, 11) is 0. The molecule has 0 aromatic carbocycles. The van der Waals surface area contributed by atoms with Gasteiger partial charge in [-0.25, -0.2) is 4.98 Å². The minimum absolute atomic E-state index is 0.488. The zero-order valence-electron chi connectivity index (χ0n) is 7.60. The van der Waals surface area contributed by atoms with Crippen molar-refractivity contribution in [3.05, 3.63) is 23.9 Å². The molecule has 2 fully saturated rings. The van der Waals surface area contributed by atoms with E-state index in [1.807, 2.05) is 12.3 Å². The number of morpholine rings is 1. The Hall–Kier alpha value is -1.09. The highest BCUT2D eigenvalue weighted by Gasteiger charge is 2.47. The Labute approximate surface area is 77.3 Å². The number of hydrogen-bond acceptors (Lipinski definition) is 3. The van der Waals surface area contributed by atoms with Gasteiger partial charge >= 0.3 is 0 Å². The Morgan fingerprint density at radius 3 is 3.08 bits per heavy atom. The van der Waals surface area contributed by atoms with Gasteiger partial charge in [0.2, 0.25) is 0 Å². The predicted molar refractivity (Wildman–Crippen MR) is 49.8 cm³/mol. The number of fused-ring (bicyclic) bond motifs is 1. The summed E-state index contributed by atoms with van der Waals surface area (Å²) in [5, 5.41) is 0.